The van der Waals surface area contributed by atoms with E-state index in [-0.39, 0.29) is 5.75 Å². The van der Waals surface area contributed by atoms with Crippen LogP contribution in [0, 0.1) is 0 Å². The quantitative estimate of drug-likeness (QED) is 0.610. The van der Waals surface area contributed by atoms with Crippen LogP contribution in [0.2, 0.25) is 0 Å². The highest BCUT2D eigenvalue weighted by Gasteiger charge is 2.40. The van der Waals surface area contributed by atoms with E-state index in [2.05, 4.69) is 20.4 Å². The molecule has 1 aromatic rings. The molecule has 136 valence electrons. The third kappa shape index (κ3) is 4.25. The number of hydrogen-bond acceptors (Lipinski definition) is 6. The Balaban J connectivity index is 2.03. The van der Waals surface area contributed by atoms with Gasteiger partial charge < -0.3 is 14.7 Å². The van der Waals surface area contributed by atoms with E-state index in [0.717, 1.165) is 18.9 Å². The van der Waals surface area contributed by atoms with Gasteiger partial charge in [0, 0.05) is 39.0 Å². The van der Waals surface area contributed by atoms with E-state index in [1.54, 1.807) is 13.8 Å². The summed E-state index contributed by atoms with van der Waals surface area (Å²) < 4.78 is 28.6. The standard InChI is InChI=1S/C15H27N5O3S/c1-5-13-18-12(19-23-13)7-8-17-14(16-6-2)20-9-10-24(21,22)15(3,4)11-20/h5-11H2,1-4H3,(H,16,17). The van der Waals surface area contributed by atoms with Crippen molar-refractivity contribution in [3.63, 3.8) is 0 Å². The Labute approximate surface area is 143 Å². The first-order chi connectivity index (χ1) is 11.3. The van der Waals surface area contributed by atoms with E-state index in [9.17, 15) is 8.42 Å². The molecule has 8 nitrogen and oxygen atoms in total. The molecule has 0 aliphatic carbocycles. The molecule has 0 atom stereocenters. The van der Waals surface area contributed by atoms with Gasteiger partial charge in [-0.05, 0) is 20.8 Å². The number of aryl methyl sites for hydroxylation is 1. The molecule has 0 saturated carbocycles. The molecule has 1 aromatic heterocycles. The summed E-state index contributed by atoms with van der Waals surface area (Å²) in [7, 11) is -3.06. The maximum atomic E-state index is 12.1. The van der Waals surface area contributed by atoms with E-state index in [1.807, 2.05) is 18.7 Å². The smallest absolute Gasteiger partial charge is 0.226 e. The average molecular weight is 357 g/mol. The van der Waals surface area contributed by atoms with Crippen LogP contribution in [0.4, 0.5) is 0 Å². The Morgan fingerprint density at radius 3 is 2.75 bits per heavy atom. The molecule has 24 heavy (non-hydrogen) atoms. The van der Waals surface area contributed by atoms with Gasteiger partial charge in [0.15, 0.2) is 21.6 Å². The van der Waals surface area contributed by atoms with Crippen molar-refractivity contribution in [2.75, 3.05) is 31.9 Å². The van der Waals surface area contributed by atoms with E-state index >= 15 is 0 Å². The van der Waals surface area contributed by atoms with Gasteiger partial charge in [-0.25, -0.2) is 8.42 Å². The summed E-state index contributed by atoms with van der Waals surface area (Å²) >= 11 is 0. The fourth-order valence-corrected chi connectivity index (χ4v) is 3.91. The Hall–Kier alpha value is -1.64. The van der Waals surface area contributed by atoms with Crippen LogP contribution in [-0.2, 0) is 22.7 Å². The zero-order valence-corrected chi connectivity index (χ0v) is 15.7. The molecular weight excluding hydrogens is 330 g/mol. The van der Waals surface area contributed by atoms with Crippen molar-refractivity contribution in [1.82, 2.24) is 20.4 Å². The van der Waals surface area contributed by atoms with Crippen LogP contribution >= 0.6 is 0 Å². The highest BCUT2D eigenvalue weighted by molar-refractivity contribution is 7.92. The average Bonchev–Trinajstić information content (AvgIpc) is 2.97. The van der Waals surface area contributed by atoms with E-state index < -0.39 is 14.6 Å². The van der Waals surface area contributed by atoms with Gasteiger partial charge in [-0.1, -0.05) is 12.1 Å². The minimum absolute atomic E-state index is 0.148. The third-order valence-corrected chi connectivity index (χ3v) is 6.62. The van der Waals surface area contributed by atoms with Crippen molar-refractivity contribution in [2.45, 2.75) is 45.3 Å². The van der Waals surface area contributed by atoms with Gasteiger partial charge in [0.2, 0.25) is 5.89 Å². The van der Waals surface area contributed by atoms with Crippen molar-refractivity contribution in [2.24, 2.45) is 4.99 Å². The fraction of sp³-hybridized carbons (Fsp3) is 0.800. The number of nitrogens with zero attached hydrogens (tertiary/aromatic N) is 4. The van der Waals surface area contributed by atoms with E-state index in [0.29, 0.717) is 37.8 Å². The lowest BCUT2D eigenvalue weighted by atomic mass is 10.2. The monoisotopic (exact) mass is 357 g/mol. The molecule has 0 radical (unpaired) electrons. The molecule has 0 amide bonds. The largest absolute Gasteiger partial charge is 0.357 e. The van der Waals surface area contributed by atoms with Crippen molar-refractivity contribution in [1.29, 1.82) is 0 Å². The van der Waals surface area contributed by atoms with Gasteiger partial charge in [-0.3, -0.25) is 4.99 Å². The van der Waals surface area contributed by atoms with Gasteiger partial charge in [-0.15, -0.1) is 0 Å². The fourth-order valence-electron chi connectivity index (χ4n) is 2.55. The summed E-state index contributed by atoms with van der Waals surface area (Å²) in [6, 6.07) is 0. The van der Waals surface area contributed by atoms with Gasteiger partial charge in [-0.2, -0.15) is 4.98 Å². The first-order valence-corrected chi connectivity index (χ1v) is 10.0. The number of sulfone groups is 1. The van der Waals surface area contributed by atoms with E-state index in [1.165, 1.54) is 0 Å². The normalized spacial score (nSPS) is 20.2. The van der Waals surface area contributed by atoms with Crippen molar-refractivity contribution >= 4 is 15.8 Å². The second-order valence-electron chi connectivity index (χ2n) is 6.44. The van der Waals surface area contributed by atoms with Crippen molar-refractivity contribution in [3.05, 3.63) is 11.7 Å². The molecular formula is C15H27N5O3S. The van der Waals surface area contributed by atoms with Crippen LogP contribution < -0.4 is 5.32 Å². The maximum Gasteiger partial charge on any atom is 0.226 e. The van der Waals surface area contributed by atoms with Gasteiger partial charge >= 0.3 is 0 Å². The zero-order valence-electron chi connectivity index (χ0n) is 14.9. The molecule has 1 aliphatic rings. The minimum Gasteiger partial charge on any atom is -0.357 e. The van der Waals surface area contributed by atoms with E-state index in [4.69, 9.17) is 4.52 Å². The molecule has 0 unspecified atom stereocenters. The van der Waals surface area contributed by atoms with Crippen LogP contribution in [0.15, 0.2) is 9.52 Å². The van der Waals surface area contributed by atoms with Gasteiger partial charge in [0.1, 0.15) is 0 Å². The molecule has 1 N–H and O–H groups in total. The van der Waals surface area contributed by atoms with Crippen molar-refractivity contribution in [3.8, 4) is 0 Å². The predicted molar refractivity (Wildman–Crippen MR) is 92.8 cm³/mol. The molecule has 2 rings (SSSR count). The topological polar surface area (TPSA) is 101 Å². The molecule has 0 aromatic carbocycles. The summed E-state index contributed by atoms with van der Waals surface area (Å²) in [5.74, 6) is 2.16. The van der Waals surface area contributed by atoms with Gasteiger partial charge in [0.05, 0.1) is 10.5 Å². The molecule has 1 saturated heterocycles. The number of guanidine groups is 1. The summed E-state index contributed by atoms with van der Waals surface area (Å²) in [6.07, 6.45) is 1.31. The predicted octanol–water partition coefficient (Wildman–Crippen LogP) is 0.649. The lowest BCUT2D eigenvalue weighted by Crippen LogP contribution is -2.57. The summed E-state index contributed by atoms with van der Waals surface area (Å²) in [5, 5.41) is 7.15. The van der Waals surface area contributed by atoms with Crippen LogP contribution in [0.1, 0.15) is 39.4 Å². The Morgan fingerprint density at radius 2 is 2.17 bits per heavy atom. The number of nitrogens with one attached hydrogen (secondary N) is 1. The third-order valence-electron chi connectivity index (χ3n) is 4.09. The van der Waals surface area contributed by atoms with Crippen LogP contribution in [0.25, 0.3) is 0 Å². The summed E-state index contributed by atoms with van der Waals surface area (Å²) in [6.45, 7) is 9.63. The molecule has 2 heterocycles. The molecule has 9 heteroatoms. The Bertz CT molecular complexity index is 681. The molecule has 0 spiro atoms. The molecule has 1 fully saturated rings. The summed E-state index contributed by atoms with van der Waals surface area (Å²) in [4.78, 5) is 10.9. The van der Waals surface area contributed by atoms with Crippen molar-refractivity contribution < 1.29 is 12.9 Å². The summed E-state index contributed by atoms with van der Waals surface area (Å²) in [5.41, 5.74) is 0. The highest BCUT2D eigenvalue weighted by atomic mass is 32.2. The number of aliphatic imine (C=N–C) groups is 1. The van der Waals surface area contributed by atoms with Gasteiger partial charge in [0.25, 0.3) is 0 Å². The zero-order chi connectivity index (χ0) is 17.8. The lowest BCUT2D eigenvalue weighted by Gasteiger charge is -2.39. The SMILES string of the molecule is CCNC(=NCCc1noc(CC)n1)N1CCS(=O)(=O)C(C)(C)C1. The minimum atomic E-state index is -3.06. The Morgan fingerprint density at radius 1 is 1.42 bits per heavy atom. The first kappa shape index (κ1) is 18.7. The molecule has 0 bridgehead atoms. The lowest BCUT2D eigenvalue weighted by molar-refractivity contribution is 0.353. The second-order valence-corrected chi connectivity index (χ2v) is 9.19. The molecule has 1 aliphatic heterocycles. The Kier molecular flexibility index (Phi) is 5.84. The first-order valence-electron chi connectivity index (χ1n) is 8.36. The number of hydrogen-bond donors (Lipinski definition) is 1. The number of aromatic nitrogens is 2. The number of rotatable bonds is 5. The second kappa shape index (κ2) is 7.50. The van der Waals surface area contributed by atoms with Crippen LogP contribution in [0.3, 0.4) is 0 Å². The van der Waals surface area contributed by atoms with Crippen LogP contribution in [-0.4, -0.2) is 66.1 Å². The maximum absolute atomic E-state index is 12.1. The highest BCUT2D eigenvalue weighted by Crippen LogP contribution is 2.23. The van der Waals surface area contributed by atoms with Crippen LogP contribution in [0.5, 0.6) is 0 Å².